The SMILES string of the molecule is O=CC1C2=C(CCNC2)NN1N1C=CC=CC1. The fourth-order valence-electron chi connectivity index (χ4n) is 2.45. The Morgan fingerprint density at radius 1 is 1.41 bits per heavy atom. The average Bonchev–Trinajstić information content (AvgIpc) is 2.78. The molecule has 1 atom stereocenters. The number of aldehydes is 1. The second kappa shape index (κ2) is 4.35. The Hall–Kier alpha value is -1.59. The van der Waals surface area contributed by atoms with Crippen LogP contribution < -0.4 is 10.7 Å². The van der Waals surface area contributed by atoms with Gasteiger partial charge in [-0.25, -0.2) is 0 Å². The molecular weight excluding hydrogens is 216 g/mol. The van der Waals surface area contributed by atoms with Gasteiger partial charge >= 0.3 is 0 Å². The van der Waals surface area contributed by atoms with Crippen molar-refractivity contribution in [2.24, 2.45) is 0 Å². The first-order valence-corrected chi connectivity index (χ1v) is 5.94. The summed E-state index contributed by atoms with van der Waals surface area (Å²) in [6.07, 6.45) is 10.0. The number of carbonyl (C=O) groups excluding carboxylic acids is 1. The van der Waals surface area contributed by atoms with Gasteiger partial charge in [-0.3, -0.25) is 5.01 Å². The third kappa shape index (κ3) is 1.77. The summed E-state index contributed by atoms with van der Waals surface area (Å²) in [6, 6.07) is -0.186. The minimum Gasteiger partial charge on any atom is -0.312 e. The maximum absolute atomic E-state index is 11.3. The van der Waals surface area contributed by atoms with Crippen LogP contribution in [0.4, 0.5) is 0 Å². The normalized spacial score (nSPS) is 28.2. The quantitative estimate of drug-likeness (QED) is 0.652. The van der Waals surface area contributed by atoms with Gasteiger partial charge in [0.2, 0.25) is 0 Å². The van der Waals surface area contributed by atoms with Gasteiger partial charge in [-0.05, 0) is 11.6 Å². The molecule has 1 unspecified atom stereocenters. The van der Waals surface area contributed by atoms with E-state index in [4.69, 9.17) is 0 Å². The molecule has 17 heavy (non-hydrogen) atoms. The monoisotopic (exact) mass is 232 g/mol. The largest absolute Gasteiger partial charge is 0.312 e. The summed E-state index contributed by atoms with van der Waals surface area (Å²) in [5.41, 5.74) is 5.72. The molecular formula is C12H16N4O. The van der Waals surface area contributed by atoms with Crippen LogP contribution in [0.25, 0.3) is 0 Å². The fraction of sp³-hybridized carbons (Fsp3) is 0.417. The smallest absolute Gasteiger partial charge is 0.145 e. The van der Waals surface area contributed by atoms with Gasteiger partial charge < -0.3 is 15.5 Å². The Morgan fingerprint density at radius 3 is 3.12 bits per heavy atom. The van der Waals surface area contributed by atoms with E-state index in [1.165, 1.54) is 11.3 Å². The van der Waals surface area contributed by atoms with Crippen molar-refractivity contribution in [3.63, 3.8) is 0 Å². The van der Waals surface area contributed by atoms with Gasteiger partial charge in [-0.2, -0.15) is 0 Å². The molecule has 5 heteroatoms. The van der Waals surface area contributed by atoms with E-state index in [0.717, 1.165) is 32.3 Å². The van der Waals surface area contributed by atoms with Crippen molar-refractivity contribution in [3.8, 4) is 0 Å². The molecule has 0 saturated heterocycles. The lowest BCUT2D eigenvalue weighted by Gasteiger charge is -2.34. The van der Waals surface area contributed by atoms with Crippen LogP contribution in [-0.2, 0) is 4.79 Å². The number of nitrogens with one attached hydrogen (secondary N) is 2. The fourth-order valence-corrected chi connectivity index (χ4v) is 2.45. The maximum atomic E-state index is 11.3. The van der Waals surface area contributed by atoms with Crippen molar-refractivity contribution < 1.29 is 4.79 Å². The molecule has 0 saturated carbocycles. The summed E-state index contributed by atoms with van der Waals surface area (Å²) in [7, 11) is 0. The van der Waals surface area contributed by atoms with Crippen LogP contribution >= 0.6 is 0 Å². The number of hydrogen-bond acceptors (Lipinski definition) is 5. The first-order valence-electron chi connectivity index (χ1n) is 5.94. The zero-order valence-corrected chi connectivity index (χ0v) is 9.60. The van der Waals surface area contributed by atoms with Crippen molar-refractivity contribution in [1.82, 2.24) is 20.9 Å². The highest BCUT2D eigenvalue weighted by Crippen LogP contribution is 2.25. The summed E-state index contributed by atoms with van der Waals surface area (Å²) in [5, 5.41) is 7.26. The minimum atomic E-state index is -0.186. The molecule has 0 amide bonds. The zero-order valence-electron chi connectivity index (χ0n) is 9.60. The van der Waals surface area contributed by atoms with E-state index in [9.17, 15) is 4.79 Å². The molecule has 90 valence electrons. The Bertz CT molecular complexity index is 413. The van der Waals surface area contributed by atoms with Gasteiger partial charge in [-0.1, -0.05) is 12.2 Å². The summed E-state index contributed by atoms with van der Waals surface area (Å²) in [6.45, 7) is 2.57. The second-order valence-electron chi connectivity index (χ2n) is 4.36. The minimum absolute atomic E-state index is 0.186. The van der Waals surface area contributed by atoms with E-state index >= 15 is 0 Å². The molecule has 3 rings (SSSR count). The molecule has 2 N–H and O–H groups in total. The van der Waals surface area contributed by atoms with Crippen LogP contribution in [0.5, 0.6) is 0 Å². The number of hydrogen-bond donors (Lipinski definition) is 2. The van der Waals surface area contributed by atoms with E-state index in [2.05, 4.69) is 16.8 Å². The van der Waals surface area contributed by atoms with Gasteiger partial charge in [-0.15, -0.1) is 5.12 Å². The molecule has 0 fully saturated rings. The lowest BCUT2D eigenvalue weighted by molar-refractivity contribution is -0.118. The standard InChI is InChI=1S/C12H16N4O/c17-9-12-10-8-13-5-4-11(10)14-16(12)15-6-2-1-3-7-15/h1-3,6,9,12-14H,4-5,7-8H2. The molecule has 0 spiro atoms. The van der Waals surface area contributed by atoms with Crippen molar-refractivity contribution in [2.45, 2.75) is 12.5 Å². The molecule has 3 aliphatic heterocycles. The third-order valence-electron chi connectivity index (χ3n) is 3.33. The van der Waals surface area contributed by atoms with Crippen LogP contribution in [0, 0.1) is 0 Å². The molecule has 3 aliphatic rings. The van der Waals surface area contributed by atoms with Crippen molar-refractivity contribution in [2.75, 3.05) is 19.6 Å². The molecule has 0 aliphatic carbocycles. The van der Waals surface area contributed by atoms with Crippen molar-refractivity contribution in [1.29, 1.82) is 0 Å². The van der Waals surface area contributed by atoms with Gasteiger partial charge in [0, 0.05) is 31.4 Å². The molecule has 0 aromatic heterocycles. The Balaban J connectivity index is 1.82. The molecule has 3 heterocycles. The Labute approximate surface area is 100 Å². The molecule has 5 nitrogen and oxygen atoms in total. The van der Waals surface area contributed by atoms with Crippen LogP contribution in [0.2, 0.25) is 0 Å². The van der Waals surface area contributed by atoms with E-state index in [1.54, 1.807) is 0 Å². The second-order valence-corrected chi connectivity index (χ2v) is 4.36. The Kier molecular flexibility index (Phi) is 2.70. The number of allylic oxidation sites excluding steroid dienone is 2. The summed E-state index contributed by atoms with van der Waals surface area (Å²) >= 11 is 0. The van der Waals surface area contributed by atoms with Crippen molar-refractivity contribution in [3.05, 3.63) is 35.7 Å². The zero-order chi connectivity index (χ0) is 11.7. The van der Waals surface area contributed by atoms with Crippen LogP contribution in [-0.4, -0.2) is 42.1 Å². The number of carbonyl (C=O) groups is 1. The van der Waals surface area contributed by atoms with Crippen molar-refractivity contribution >= 4 is 6.29 Å². The summed E-state index contributed by atoms with van der Waals surface area (Å²) in [5.74, 6) is 0. The predicted molar refractivity (Wildman–Crippen MR) is 64.3 cm³/mol. The first kappa shape index (κ1) is 10.6. The lowest BCUT2D eigenvalue weighted by Crippen LogP contribution is -2.50. The average molecular weight is 232 g/mol. The van der Waals surface area contributed by atoms with Gasteiger partial charge in [0.25, 0.3) is 0 Å². The molecule has 0 aromatic rings. The number of nitrogens with zero attached hydrogens (tertiary/aromatic N) is 2. The molecule has 0 aromatic carbocycles. The first-order chi connectivity index (χ1) is 8.40. The van der Waals surface area contributed by atoms with E-state index < -0.39 is 0 Å². The van der Waals surface area contributed by atoms with Gasteiger partial charge in [0.1, 0.15) is 12.3 Å². The van der Waals surface area contributed by atoms with Crippen LogP contribution in [0.15, 0.2) is 35.7 Å². The highest BCUT2D eigenvalue weighted by atomic mass is 16.1. The van der Waals surface area contributed by atoms with Gasteiger partial charge in [0.15, 0.2) is 0 Å². The summed E-state index contributed by atoms with van der Waals surface area (Å²) < 4.78 is 0. The summed E-state index contributed by atoms with van der Waals surface area (Å²) in [4.78, 5) is 11.3. The number of rotatable bonds is 2. The van der Waals surface area contributed by atoms with E-state index in [-0.39, 0.29) is 6.04 Å². The van der Waals surface area contributed by atoms with Crippen LogP contribution in [0.3, 0.4) is 0 Å². The van der Waals surface area contributed by atoms with Gasteiger partial charge in [0.05, 0.1) is 6.54 Å². The number of hydrazine groups is 2. The highest BCUT2D eigenvalue weighted by molar-refractivity contribution is 5.65. The highest BCUT2D eigenvalue weighted by Gasteiger charge is 2.35. The molecule has 0 radical (unpaired) electrons. The Morgan fingerprint density at radius 2 is 2.35 bits per heavy atom. The predicted octanol–water partition coefficient (Wildman–Crippen LogP) is -0.0780. The third-order valence-corrected chi connectivity index (χ3v) is 3.33. The maximum Gasteiger partial charge on any atom is 0.145 e. The lowest BCUT2D eigenvalue weighted by atomic mass is 10.0. The van der Waals surface area contributed by atoms with E-state index in [1.807, 2.05) is 28.5 Å². The molecule has 0 bridgehead atoms. The van der Waals surface area contributed by atoms with E-state index in [0.29, 0.717) is 0 Å². The van der Waals surface area contributed by atoms with Crippen LogP contribution in [0.1, 0.15) is 6.42 Å². The topological polar surface area (TPSA) is 47.6 Å².